The molecule has 5 heteroatoms. The second-order valence-corrected chi connectivity index (χ2v) is 2.75. The van der Waals surface area contributed by atoms with Crippen LogP contribution in [0.25, 0.3) is 0 Å². The van der Waals surface area contributed by atoms with Crippen LogP contribution in [0.2, 0.25) is 0 Å². The highest BCUT2D eigenvalue weighted by Gasteiger charge is 2.25. The number of rotatable bonds is 3. The van der Waals surface area contributed by atoms with E-state index >= 15 is 0 Å². The van der Waals surface area contributed by atoms with E-state index in [1.807, 2.05) is 0 Å². The molecule has 0 saturated heterocycles. The maximum atomic E-state index is 10.9. The van der Waals surface area contributed by atoms with E-state index in [1.54, 1.807) is 0 Å². The zero-order valence-electron chi connectivity index (χ0n) is 7.03. The van der Waals surface area contributed by atoms with Gasteiger partial charge in [0.15, 0.2) is 0 Å². The van der Waals surface area contributed by atoms with Crippen LogP contribution in [-0.4, -0.2) is 29.5 Å². The molecule has 0 saturated carbocycles. The van der Waals surface area contributed by atoms with Crippen molar-refractivity contribution < 1.29 is 9.90 Å². The highest BCUT2D eigenvalue weighted by Crippen LogP contribution is 2.18. The summed E-state index contributed by atoms with van der Waals surface area (Å²) in [6.45, 7) is -0.0710. The van der Waals surface area contributed by atoms with Crippen LogP contribution in [0.4, 0.5) is 0 Å². The number of hydrogen-bond donors (Lipinski definition) is 3. The van der Waals surface area contributed by atoms with Crippen LogP contribution in [0.5, 0.6) is 0 Å². The topological polar surface area (TPSA) is 99.5 Å². The predicted molar refractivity (Wildman–Crippen MR) is 48.7 cm³/mol. The lowest BCUT2D eigenvalue weighted by molar-refractivity contribution is -0.119. The van der Waals surface area contributed by atoms with E-state index in [0.717, 1.165) is 0 Å². The molecule has 1 unspecified atom stereocenters. The minimum Gasteiger partial charge on any atom is -0.396 e. The van der Waals surface area contributed by atoms with E-state index in [2.05, 4.69) is 4.99 Å². The van der Waals surface area contributed by atoms with E-state index in [9.17, 15) is 4.79 Å². The molecule has 1 amide bonds. The Morgan fingerprint density at radius 1 is 1.77 bits per heavy atom. The Hall–Kier alpha value is -1.49. The van der Waals surface area contributed by atoms with Crippen LogP contribution in [0.15, 0.2) is 16.8 Å². The number of primary amides is 1. The normalized spacial score (nSPS) is 21.5. The minimum atomic E-state index is -0.718. The van der Waals surface area contributed by atoms with Crippen molar-refractivity contribution in [3.05, 3.63) is 11.8 Å². The summed E-state index contributed by atoms with van der Waals surface area (Å²) < 4.78 is 0. The monoisotopic (exact) mass is 181 g/mol. The van der Waals surface area contributed by atoms with Gasteiger partial charge in [0.25, 0.3) is 0 Å². The Kier molecular flexibility index (Phi) is 2.92. The van der Waals surface area contributed by atoms with Gasteiger partial charge in [0.1, 0.15) is 5.92 Å². The standard InChI is InChI=1S/C8H11N3O2/c9-6-4-11-3-5(1-2-12)7(6)8(10)13/h3-4,7,9,12H,1-2H2,(H2,10,13). The molecule has 70 valence electrons. The van der Waals surface area contributed by atoms with Crippen molar-refractivity contribution in [2.24, 2.45) is 16.6 Å². The number of aliphatic imine (C=N–C) groups is 1. The van der Waals surface area contributed by atoms with Crippen LogP contribution in [0.3, 0.4) is 0 Å². The summed E-state index contributed by atoms with van der Waals surface area (Å²) in [6.07, 6.45) is 3.09. The Labute approximate surface area is 75.5 Å². The Bertz CT molecular complexity index is 294. The third-order valence-electron chi connectivity index (χ3n) is 1.82. The Morgan fingerprint density at radius 3 is 3.00 bits per heavy atom. The number of nitrogens with zero attached hydrogens (tertiary/aromatic N) is 1. The maximum absolute atomic E-state index is 10.9. The van der Waals surface area contributed by atoms with Gasteiger partial charge in [0, 0.05) is 19.0 Å². The van der Waals surface area contributed by atoms with Gasteiger partial charge in [-0.05, 0) is 12.0 Å². The minimum absolute atomic E-state index is 0.0710. The Morgan fingerprint density at radius 2 is 2.46 bits per heavy atom. The summed E-state index contributed by atoms with van der Waals surface area (Å²) >= 11 is 0. The highest BCUT2D eigenvalue weighted by molar-refractivity contribution is 6.36. The van der Waals surface area contributed by atoms with Gasteiger partial charge in [-0.3, -0.25) is 9.79 Å². The molecule has 1 aliphatic heterocycles. The van der Waals surface area contributed by atoms with E-state index in [0.29, 0.717) is 12.0 Å². The third kappa shape index (κ3) is 2.00. The molecular weight excluding hydrogens is 170 g/mol. The molecule has 13 heavy (non-hydrogen) atoms. The largest absolute Gasteiger partial charge is 0.396 e. The summed E-state index contributed by atoms with van der Waals surface area (Å²) in [5.74, 6) is -1.29. The lowest BCUT2D eigenvalue weighted by atomic mass is 9.91. The molecular formula is C8H11N3O2. The molecule has 0 spiro atoms. The lowest BCUT2D eigenvalue weighted by Crippen LogP contribution is -2.33. The number of carbonyl (C=O) groups excluding carboxylic acids is 1. The molecule has 1 heterocycles. The molecule has 0 aromatic carbocycles. The number of carbonyl (C=O) groups is 1. The van der Waals surface area contributed by atoms with Gasteiger partial charge in [-0.2, -0.15) is 0 Å². The molecule has 0 aromatic heterocycles. The summed E-state index contributed by atoms with van der Waals surface area (Å²) in [5.41, 5.74) is 5.80. The summed E-state index contributed by atoms with van der Waals surface area (Å²) in [6, 6.07) is 0. The quantitative estimate of drug-likeness (QED) is 0.544. The average Bonchev–Trinajstić information content (AvgIpc) is 2.04. The second kappa shape index (κ2) is 3.95. The van der Waals surface area contributed by atoms with E-state index in [1.165, 1.54) is 12.4 Å². The van der Waals surface area contributed by atoms with Crippen molar-refractivity contribution in [2.45, 2.75) is 6.42 Å². The molecule has 0 fully saturated rings. The van der Waals surface area contributed by atoms with Crippen molar-refractivity contribution in [2.75, 3.05) is 6.61 Å². The zero-order valence-corrected chi connectivity index (χ0v) is 7.03. The third-order valence-corrected chi connectivity index (χ3v) is 1.82. The molecule has 1 aliphatic rings. The molecule has 1 rings (SSSR count). The van der Waals surface area contributed by atoms with Crippen molar-refractivity contribution >= 4 is 17.8 Å². The summed E-state index contributed by atoms with van der Waals surface area (Å²) in [7, 11) is 0. The first-order chi connectivity index (χ1) is 6.16. The SMILES string of the molecule is N=C1C=NC=C(CCO)C1C(N)=O. The lowest BCUT2D eigenvalue weighted by Gasteiger charge is -2.17. The second-order valence-electron chi connectivity index (χ2n) is 2.75. The first kappa shape index (κ1) is 9.60. The van der Waals surface area contributed by atoms with Gasteiger partial charge < -0.3 is 16.2 Å². The fourth-order valence-electron chi connectivity index (χ4n) is 1.24. The van der Waals surface area contributed by atoms with Crippen LogP contribution in [0.1, 0.15) is 6.42 Å². The van der Waals surface area contributed by atoms with Crippen molar-refractivity contribution in [1.82, 2.24) is 0 Å². The molecule has 0 radical (unpaired) electrons. The van der Waals surface area contributed by atoms with Gasteiger partial charge in [0.2, 0.25) is 5.91 Å². The smallest absolute Gasteiger partial charge is 0.230 e. The fraction of sp³-hybridized carbons (Fsp3) is 0.375. The van der Waals surface area contributed by atoms with Crippen LogP contribution < -0.4 is 5.73 Å². The van der Waals surface area contributed by atoms with Crippen LogP contribution >= 0.6 is 0 Å². The van der Waals surface area contributed by atoms with E-state index in [4.69, 9.17) is 16.2 Å². The first-order valence-corrected chi connectivity index (χ1v) is 3.87. The highest BCUT2D eigenvalue weighted by atomic mass is 16.3. The van der Waals surface area contributed by atoms with Gasteiger partial charge in [-0.1, -0.05) is 0 Å². The van der Waals surface area contributed by atoms with Gasteiger partial charge >= 0.3 is 0 Å². The number of nitrogens with two attached hydrogens (primary N) is 1. The number of aliphatic hydroxyl groups excluding tert-OH is 1. The number of amides is 1. The molecule has 0 aromatic rings. The molecule has 0 aliphatic carbocycles. The van der Waals surface area contributed by atoms with E-state index in [-0.39, 0.29) is 12.3 Å². The summed E-state index contributed by atoms with van der Waals surface area (Å²) in [4.78, 5) is 14.7. The van der Waals surface area contributed by atoms with Crippen molar-refractivity contribution in [3.8, 4) is 0 Å². The number of nitrogens with one attached hydrogen (secondary N) is 1. The average molecular weight is 181 g/mol. The molecule has 0 bridgehead atoms. The number of hydrogen-bond acceptors (Lipinski definition) is 4. The molecule has 5 nitrogen and oxygen atoms in total. The van der Waals surface area contributed by atoms with Crippen molar-refractivity contribution in [3.63, 3.8) is 0 Å². The van der Waals surface area contributed by atoms with E-state index < -0.39 is 11.8 Å². The fourth-order valence-corrected chi connectivity index (χ4v) is 1.24. The first-order valence-electron chi connectivity index (χ1n) is 3.87. The maximum Gasteiger partial charge on any atom is 0.230 e. The Balaban J connectivity index is 2.88. The molecule has 4 N–H and O–H groups in total. The van der Waals surface area contributed by atoms with Crippen LogP contribution in [0, 0.1) is 11.3 Å². The predicted octanol–water partition coefficient (Wildman–Crippen LogP) is -0.542. The van der Waals surface area contributed by atoms with Gasteiger partial charge in [0.05, 0.1) is 5.71 Å². The van der Waals surface area contributed by atoms with Gasteiger partial charge in [-0.15, -0.1) is 0 Å². The number of aliphatic hydroxyl groups is 1. The van der Waals surface area contributed by atoms with Crippen LogP contribution in [-0.2, 0) is 4.79 Å². The molecule has 1 atom stereocenters. The van der Waals surface area contributed by atoms with Crippen molar-refractivity contribution in [1.29, 1.82) is 5.41 Å². The van der Waals surface area contributed by atoms with Gasteiger partial charge in [-0.25, -0.2) is 0 Å². The summed E-state index contributed by atoms with van der Waals surface area (Å²) in [5, 5.41) is 16.1. The zero-order chi connectivity index (χ0) is 9.84.